The number of benzene rings is 1. The number of anilines is 1. The SMILES string of the molecule is CCCC(COC)NC(=O)c1sc2cc(Cl)ccc2c1N. The number of methoxy groups -OCH3 is 1. The summed E-state index contributed by atoms with van der Waals surface area (Å²) in [5.41, 5.74) is 6.60. The molecule has 1 aromatic heterocycles. The molecule has 0 aliphatic carbocycles. The van der Waals surface area contributed by atoms with Crippen molar-refractivity contribution in [2.75, 3.05) is 19.5 Å². The molecule has 6 heteroatoms. The Morgan fingerprint density at radius 2 is 2.29 bits per heavy atom. The minimum atomic E-state index is -0.152. The van der Waals surface area contributed by atoms with Gasteiger partial charge in [-0.15, -0.1) is 11.3 Å². The van der Waals surface area contributed by atoms with Crippen LogP contribution in [0.15, 0.2) is 18.2 Å². The second-order valence-electron chi connectivity index (χ2n) is 4.90. The summed E-state index contributed by atoms with van der Waals surface area (Å²) in [6.07, 6.45) is 1.85. The van der Waals surface area contributed by atoms with Crippen molar-refractivity contribution in [3.05, 3.63) is 28.1 Å². The van der Waals surface area contributed by atoms with E-state index in [1.54, 1.807) is 13.2 Å². The molecular formula is C15H19ClN2O2S. The fourth-order valence-electron chi connectivity index (χ4n) is 2.26. The first-order chi connectivity index (χ1) is 10.1. The molecule has 1 amide bonds. The number of hydrogen-bond acceptors (Lipinski definition) is 4. The molecule has 0 aliphatic rings. The van der Waals surface area contributed by atoms with E-state index in [0.29, 0.717) is 22.2 Å². The summed E-state index contributed by atoms with van der Waals surface area (Å²) in [5.74, 6) is -0.152. The first-order valence-electron chi connectivity index (χ1n) is 6.84. The van der Waals surface area contributed by atoms with Crippen LogP contribution < -0.4 is 11.1 Å². The number of nitrogens with one attached hydrogen (secondary N) is 1. The Kier molecular flexibility index (Phi) is 5.45. The van der Waals surface area contributed by atoms with E-state index in [-0.39, 0.29) is 11.9 Å². The number of carbonyl (C=O) groups excluding carboxylic acids is 1. The van der Waals surface area contributed by atoms with Crippen molar-refractivity contribution in [1.29, 1.82) is 0 Å². The summed E-state index contributed by atoms with van der Waals surface area (Å²) in [7, 11) is 1.63. The van der Waals surface area contributed by atoms with Gasteiger partial charge in [0.2, 0.25) is 0 Å². The number of amides is 1. The van der Waals surface area contributed by atoms with Gasteiger partial charge < -0.3 is 15.8 Å². The Bertz CT molecular complexity index is 636. The monoisotopic (exact) mass is 326 g/mol. The molecule has 0 bridgehead atoms. The van der Waals surface area contributed by atoms with E-state index in [0.717, 1.165) is 22.9 Å². The third kappa shape index (κ3) is 3.67. The van der Waals surface area contributed by atoms with Crippen molar-refractivity contribution in [1.82, 2.24) is 5.32 Å². The fraction of sp³-hybridized carbons (Fsp3) is 0.400. The number of rotatable bonds is 6. The largest absolute Gasteiger partial charge is 0.397 e. The van der Waals surface area contributed by atoms with Gasteiger partial charge >= 0.3 is 0 Å². The van der Waals surface area contributed by atoms with Crippen molar-refractivity contribution in [3.63, 3.8) is 0 Å². The maximum absolute atomic E-state index is 12.4. The molecule has 0 radical (unpaired) electrons. The van der Waals surface area contributed by atoms with Crippen molar-refractivity contribution >= 4 is 44.6 Å². The van der Waals surface area contributed by atoms with Crippen LogP contribution in [0, 0.1) is 0 Å². The summed E-state index contributed by atoms with van der Waals surface area (Å²) >= 11 is 7.34. The number of nitrogens with two attached hydrogens (primary N) is 1. The summed E-state index contributed by atoms with van der Waals surface area (Å²) in [4.78, 5) is 12.9. The highest BCUT2D eigenvalue weighted by molar-refractivity contribution is 7.21. The van der Waals surface area contributed by atoms with Gasteiger partial charge in [0.15, 0.2) is 0 Å². The lowest BCUT2D eigenvalue weighted by Gasteiger charge is -2.16. The van der Waals surface area contributed by atoms with E-state index in [1.165, 1.54) is 11.3 Å². The molecule has 2 rings (SSSR count). The average molecular weight is 327 g/mol. The van der Waals surface area contributed by atoms with E-state index in [9.17, 15) is 4.79 Å². The Labute approximate surface area is 133 Å². The second-order valence-corrected chi connectivity index (χ2v) is 6.39. The highest BCUT2D eigenvalue weighted by Gasteiger charge is 2.19. The molecule has 0 fully saturated rings. The van der Waals surface area contributed by atoms with E-state index in [4.69, 9.17) is 22.1 Å². The molecule has 1 aromatic carbocycles. The van der Waals surface area contributed by atoms with Gasteiger partial charge in [0.05, 0.1) is 18.3 Å². The van der Waals surface area contributed by atoms with Crippen LogP contribution >= 0.6 is 22.9 Å². The van der Waals surface area contributed by atoms with Gasteiger partial charge in [-0.1, -0.05) is 24.9 Å². The first kappa shape index (κ1) is 16.1. The fourth-order valence-corrected chi connectivity index (χ4v) is 3.56. The highest BCUT2D eigenvalue weighted by Crippen LogP contribution is 2.35. The van der Waals surface area contributed by atoms with Crippen molar-refractivity contribution in [2.24, 2.45) is 0 Å². The van der Waals surface area contributed by atoms with Crippen LogP contribution in [0.25, 0.3) is 10.1 Å². The number of halogens is 1. The summed E-state index contributed by atoms with van der Waals surface area (Å²) in [6, 6.07) is 5.45. The van der Waals surface area contributed by atoms with Gasteiger partial charge in [-0.2, -0.15) is 0 Å². The van der Waals surface area contributed by atoms with Crippen molar-refractivity contribution in [3.8, 4) is 0 Å². The quantitative estimate of drug-likeness (QED) is 0.851. The van der Waals surface area contributed by atoms with Gasteiger partial charge in [-0.05, 0) is 24.6 Å². The van der Waals surface area contributed by atoms with Gasteiger partial charge in [0.1, 0.15) is 4.88 Å². The smallest absolute Gasteiger partial charge is 0.263 e. The Morgan fingerprint density at radius 3 is 2.95 bits per heavy atom. The predicted molar refractivity (Wildman–Crippen MR) is 89.3 cm³/mol. The zero-order chi connectivity index (χ0) is 15.4. The molecule has 114 valence electrons. The van der Waals surface area contributed by atoms with E-state index >= 15 is 0 Å². The van der Waals surface area contributed by atoms with Crippen LogP contribution in [0.5, 0.6) is 0 Å². The van der Waals surface area contributed by atoms with E-state index in [1.807, 2.05) is 12.1 Å². The minimum absolute atomic E-state index is 0.000648. The van der Waals surface area contributed by atoms with Crippen molar-refractivity contribution in [2.45, 2.75) is 25.8 Å². The normalized spacial score (nSPS) is 12.5. The number of ether oxygens (including phenoxy) is 1. The molecule has 0 saturated carbocycles. The third-order valence-corrected chi connectivity index (χ3v) is 4.64. The number of hydrogen-bond donors (Lipinski definition) is 2. The molecule has 1 atom stereocenters. The third-order valence-electron chi connectivity index (χ3n) is 3.24. The standard InChI is InChI=1S/C15H19ClN2O2S/c1-3-4-10(8-20-2)18-15(19)14-13(17)11-6-5-9(16)7-12(11)21-14/h5-7,10H,3-4,8,17H2,1-2H3,(H,18,19). The van der Waals surface area contributed by atoms with Crippen LogP contribution in [0.2, 0.25) is 5.02 Å². The zero-order valence-electron chi connectivity index (χ0n) is 12.1. The zero-order valence-corrected chi connectivity index (χ0v) is 13.7. The number of carbonyl (C=O) groups is 1. The molecule has 0 aliphatic heterocycles. The number of fused-ring (bicyclic) bond motifs is 1. The molecule has 1 heterocycles. The molecule has 1 unspecified atom stereocenters. The molecule has 0 spiro atoms. The second kappa shape index (κ2) is 7.11. The van der Waals surface area contributed by atoms with Gasteiger partial charge in [-0.3, -0.25) is 4.79 Å². The number of nitrogen functional groups attached to an aromatic ring is 1. The van der Waals surface area contributed by atoms with Crippen LogP contribution in [0.4, 0.5) is 5.69 Å². The lowest BCUT2D eigenvalue weighted by molar-refractivity contribution is 0.0896. The van der Waals surface area contributed by atoms with E-state index in [2.05, 4.69) is 12.2 Å². The van der Waals surface area contributed by atoms with E-state index < -0.39 is 0 Å². The van der Waals surface area contributed by atoms with Crippen molar-refractivity contribution < 1.29 is 9.53 Å². The van der Waals surface area contributed by atoms with Gasteiger partial charge in [0.25, 0.3) is 5.91 Å². The Morgan fingerprint density at radius 1 is 1.52 bits per heavy atom. The summed E-state index contributed by atoms with van der Waals surface area (Å²) < 4.78 is 6.06. The maximum Gasteiger partial charge on any atom is 0.263 e. The maximum atomic E-state index is 12.4. The average Bonchev–Trinajstić information content (AvgIpc) is 2.76. The van der Waals surface area contributed by atoms with Crippen LogP contribution in [-0.2, 0) is 4.74 Å². The predicted octanol–water partition coefficient (Wildman–Crippen LogP) is 3.68. The minimum Gasteiger partial charge on any atom is -0.397 e. The lowest BCUT2D eigenvalue weighted by atomic mass is 10.1. The molecular weight excluding hydrogens is 308 g/mol. The van der Waals surface area contributed by atoms with Crippen LogP contribution in [-0.4, -0.2) is 25.7 Å². The molecule has 0 saturated heterocycles. The Hall–Kier alpha value is -1.30. The van der Waals surface area contributed by atoms with Crippen LogP contribution in [0.3, 0.4) is 0 Å². The molecule has 21 heavy (non-hydrogen) atoms. The highest BCUT2D eigenvalue weighted by atomic mass is 35.5. The topological polar surface area (TPSA) is 64.3 Å². The van der Waals surface area contributed by atoms with Crippen LogP contribution in [0.1, 0.15) is 29.4 Å². The Balaban J connectivity index is 2.24. The van der Waals surface area contributed by atoms with Gasteiger partial charge in [0, 0.05) is 22.2 Å². The molecule has 3 N–H and O–H groups in total. The first-order valence-corrected chi connectivity index (χ1v) is 8.03. The molecule has 4 nitrogen and oxygen atoms in total. The van der Waals surface area contributed by atoms with Gasteiger partial charge in [-0.25, -0.2) is 0 Å². The summed E-state index contributed by atoms with van der Waals surface area (Å²) in [6.45, 7) is 2.57. The summed E-state index contributed by atoms with van der Waals surface area (Å²) in [5, 5.41) is 4.49. The number of thiophene rings is 1. The molecule has 2 aromatic rings. The lowest BCUT2D eigenvalue weighted by Crippen LogP contribution is -2.37.